The van der Waals surface area contributed by atoms with Crippen LogP contribution in [0.1, 0.15) is 71.8 Å². The van der Waals surface area contributed by atoms with E-state index in [2.05, 4.69) is 27.7 Å². The smallest absolute Gasteiger partial charge is 0.251 e. The minimum absolute atomic E-state index is 0.00775. The van der Waals surface area contributed by atoms with Crippen LogP contribution in [-0.2, 0) is 19.4 Å². The predicted octanol–water partition coefficient (Wildman–Crippen LogP) is 4.37. The molecule has 0 radical (unpaired) electrons. The highest BCUT2D eigenvalue weighted by Crippen LogP contribution is 2.23. The Morgan fingerprint density at radius 2 is 1.79 bits per heavy atom. The number of amides is 1. The second-order valence-electron chi connectivity index (χ2n) is 12.1. The Kier molecular flexibility index (Phi) is 12.0. The quantitative estimate of drug-likeness (QED) is 0.158. The van der Waals surface area contributed by atoms with Crippen LogP contribution in [0.5, 0.6) is 11.5 Å². The number of carbonyl (C=O) groups is 1. The summed E-state index contributed by atoms with van der Waals surface area (Å²) >= 11 is 0. The third kappa shape index (κ3) is 10.4. The van der Waals surface area contributed by atoms with E-state index in [4.69, 9.17) is 4.74 Å². The van der Waals surface area contributed by atoms with Crippen LogP contribution in [-0.4, -0.2) is 71.0 Å². The van der Waals surface area contributed by atoms with Gasteiger partial charge in [-0.2, -0.15) is 0 Å². The lowest BCUT2D eigenvalue weighted by molar-refractivity contribution is 0.0954. The lowest BCUT2D eigenvalue weighted by Gasteiger charge is -2.28. The number of phenols is 1. The zero-order valence-corrected chi connectivity index (χ0v) is 25.5. The van der Waals surface area contributed by atoms with Gasteiger partial charge >= 0.3 is 0 Å². The molecule has 0 spiro atoms. The Bertz CT molecular complexity index is 1320. The summed E-state index contributed by atoms with van der Waals surface area (Å²) in [7, 11) is 0. The molecule has 1 heterocycles. The van der Waals surface area contributed by atoms with Crippen LogP contribution in [0.4, 0.5) is 0 Å². The fraction of sp³-hybridized carbons (Fsp3) is 0.457. The summed E-state index contributed by atoms with van der Waals surface area (Å²) < 4.78 is 5.97. The molecule has 8 heteroatoms. The molecule has 232 valence electrons. The van der Waals surface area contributed by atoms with Crippen molar-refractivity contribution in [3.05, 3.63) is 94.5 Å². The third-order valence-corrected chi connectivity index (χ3v) is 7.95. The first-order valence-corrected chi connectivity index (χ1v) is 15.4. The summed E-state index contributed by atoms with van der Waals surface area (Å²) in [5, 5.41) is 36.3. The maximum absolute atomic E-state index is 12.9. The normalized spacial score (nSPS) is 14.5. The van der Waals surface area contributed by atoms with Gasteiger partial charge in [0.2, 0.25) is 0 Å². The van der Waals surface area contributed by atoms with Crippen molar-refractivity contribution >= 4 is 5.91 Å². The molecule has 8 nitrogen and oxygen atoms in total. The average molecular weight is 590 g/mol. The predicted molar refractivity (Wildman–Crippen MR) is 169 cm³/mol. The van der Waals surface area contributed by atoms with Gasteiger partial charge in [0.05, 0.1) is 19.3 Å². The molecule has 1 aliphatic rings. The van der Waals surface area contributed by atoms with Gasteiger partial charge in [-0.1, -0.05) is 30.3 Å². The highest BCUT2D eigenvalue weighted by molar-refractivity contribution is 5.94. The molecular formula is C35H47N3O5. The van der Waals surface area contributed by atoms with Crippen molar-refractivity contribution in [2.45, 2.75) is 64.2 Å². The number of hydrogen-bond acceptors (Lipinski definition) is 7. The molecule has 0 aliphatic carbocycles. The fourth-order valence-electron chi connectivity index (χ4n) is 5.52. The molecule has 3 aromatic carbocycles. The fourth-order valence-corrected chi connectivity index (χ4v) is 5.52. The van der Waals surface area contributed by atoms with Crippen LogP contribution in [0.15, 0.2) is 66.7 Å². The highest BCUT2D eigenvalue weighted by Gasteiger charge is 2.21. The number of likely N-dealkylation sites (tertiary alicyclic amines) is 1. The molecule has 0 saturated carbocycles. The van der Waals surface area contributed by atoms with Gasteiger partial charge in [0.15, 0.2) is 0 Å². The molecule has 0 bridgehead atoms. The van der Waals surface area contributed by atoms with Crippen LogP contribution in [0.25, 0.3) is 0 Å². The van der Waals surface area contributed by atoms with Gasteiger partial charge < -0.3 is 35.6 Å². The Hall–Kier alpha value is -3.43. The maximum atomic E-state index is 12.9. The number of nitrogens with zero attached hydrogens (tertiary/aromatic N) is 1. The number of aromatic hydroxyl groups is 1. The standard InChI is InChI=1S/C35H47N3O5/c1-35(2,37-24-33(41)28-12-13-32(40)30(22-28)25-39)23-27-9-5-10-29(20-27)34(42)36-15-14-26-8-6-11-31(21-26)43-19-7-18-38-16-3-4-17-38/h5-6,8-13,20-22,33,37,39-41H,3-4,7,14-19,23-25H2,1-2H3,(H,36,42)/t33-/m0/s1. The number of nitrogens with one attached hydrogen (secondary N) is 2. The maximum Gasteiger partial charge on any atom is 0.251 e. The van der Waals surface area contributed by atoms with Gasteiger partial charge in [0.25, 0.3) is 5.91 Å². The Morgan fingerprint density at radius 3 is 2.58 bits per heavy atom. The van der Waals surface area contributed by atoms with Crippen LogP contribution >= 0.6 is 0 Å². The van der Waals surface area contributed by atoms with E-state index in [1.807, 2.05) is 50.2 Å². The van der Waals surface area contributed by atoms with E-state index in [9.17, 15) is 20.1 Å². The van der Waals surface area contributed by atoms with Crippen LogP contribution in [0.2, 0.25) is 0 Å². The molecule has 1 aliphatic heterocycles. The summed E-state index contributed by atoms with van der Waals surface area (Å²) in [5.74, 6) is 0.775. The van der Waals surface area contributed by atoms with Crippen molar-refractivity contribution in [3.8, 4) is 11.5 Å². The van der Waals surface area contributed by atoms with E-state index < -0.39 is 6.10 Å². The summed E-state index contributed by atoms with van der Waals surface area (Å²) in [5.41, 5.74) is 3.41. The molecule has 3 aromatic rings. The molecule has 4 rings (SSSR count). The summed E-state index contributed by atoms with van der Waals surface area (Å²) in [6, 6.07) is 20.5. The first-order chi connectivity index (χ1) is 20.7. The largest absolute Gasteiger partial charge is 0.508 e. The third-order valence-electron chi connectivity index (χ3n) is 7.95. The molecule has 0 aromatic heterocycles. The monoisotopic (exact) mass is 589 g/mol. The molecule has 0 unspecified atom stereocenters. The molecule has 1 fully saturated rings. The second-order valence-corrected chi connectivity index (χ2v) is 12.1. The topological polar surface area (TPSA) is 114 Å². The lowest BCUT2D eigenvalue weighted by Crippen LogP contribution is -2.43. The highest BCUT2D eigenvalue weighted by atomic mass is 16.5. The Morgan fingerprint density at radius 1 is 1.02 bits per heavy atom. The molecule has 1 atom stereocenters. The van der Waals surface area contributed by atoms with Crippen molar-refractivity contribution in [3.63, 3.8) is 0 Å². The van der Waals surface area contributed by atoms with Crippen molar-refractivity contribution < 1.29 is 24.9 Å². The van der Waals surface area contributed by atoms with E-state index in [-0.39, 0.29) is 23.8 Å². The molecule has 1 saturated heterocycles. The minimum atomic E-state index is -0.797. The van der Waals surface area contributed by atoms with Crippen molar-refractivity contribution in [1.29, 1.82) is 0 Å². The number of aliphatic hydroxyl groups is 2. The number of β-amino-alcohol motifs (C(OH)–C–C–N with tert-alkyl or cyclic N) is 1. The second kappa shape index (κ2) is 15.9. The molecule has 1 amide bonds. The van der Waals surface area contributed by atoms with E-state index in [1.165, 1.54) is 32.0 Å². The number of carbonyl (C=O) groups excluding carboxylic acids is 1. The van der Waals surface area contributed by atoms with Crippen LogP contribution in [0.3, 0.4) is 0 Å². The first-order valence-electron chi connectivity index (χ1n) is 15.4. The lowest BCUT2D eigenvalue weighted by atomic mass is 9.93. The van der Waals surface area contributed by atoms with E-state index >= 15 is 0 Å². The number of rotatable bonds is 16. The van der Waals surface area contributed by atoms with Crippen molar-refractivity contribution in [2.24, 2.45) is 0 Å². The number of hydrogen-bond donors (Lipinski definition) is 5. The zero-order valence-electron chi connectivity index (χ0n) is 25.5. The summed E-state index contributed by atoms with van der Waals surface area (Å²) in [4.78, 5) is 15.4. The van der Waals surface area contributed by atoms with Gasteiger partial charge in [-0.25, -0.2) is 0 Å². The van der Waals surface area contributed by atoms with Gasteiger partial charge in [-0.15, -0.1) is 0 Å². The van der Waals surface area contributed by atoms with Crippen molar-refractivity contribution in [1.82, 2.24) is 15.5 Å². The molecular weight excluding hydrogens is 542 g/mol. The summed E-state index contributed by atoms with van der Waals surface area (Å²) in [6.45, 7) is 8.86. The van der Waals surface area contributed by atoms with E-state index in [1.54, 1.807) is 12.1 Å². The molecule has 43 heavy (non-hydrogen) atoms. The van der Waals surface area contributed by atoms with Gasteiger partial charge in [-0.3, -0.25) is 4.79 Å². The Labute approximate surface area is 255 Å². The van der Waals surface area contributed by atoms with Crippen LogP contribution < -0.4 is 15.4 Å². The number of benzene rings is 3. The SMILES string of the molecule is CC(C)(Cc1cccc(C(=O)NCCc2cccc(OCCCN3CCCC3)c2)c1)NC[C@H](O)c1ccc(O)c(CO)c1. The Balaban J connectivity index is 1.21. The molecule has 5 N–H and O–H groups in total. The summed E-state index contributed by atoms with van der Waals surface area (Å²) in [6.07, 6.45) is 4.23. The zero-order chi connectivity index (χ0) is 30.7. The van der Waals surface area contributed by atoms with Crippen LogP contribution in [0, 0.1) is 0 Å². The van der Waals surface area contributed by atoms with Gasteiger partial charge in [0.1, 0.15) is 11.5 Å². The number of ether oxygens (including phenoxy) is 1. The number of aliphatic hydroxyl groups excluding tert-OH is 2. The van der Waals surface area contributed by atoms with Crippen molar-refractivity contribution in [2.75, 3.05) is 39.3 Å². The van der Waals surface area contributed by atoms with E-state index in [0.29, 0.717) is 42.8 Å². The minimum Gasteiger partial charge on any atom is -0.508 e. The van der Waals surface area contributed by atoms with E-state index in [0.717, 1.165) is 36.3 Å². The van der Waals surface area contributed by atoms with Gasteiger partial charge in [0, 0.05) is 36.3 Å². The van der Waals surface area contributed by atoms with Gasteiger partial charge in [-0.05, 0) is 112 Å². The average Bonchev–Trinajstić information content (AvgIpc) is 3.52. The first kappa shape index (κ1) is 32.5.